The van der Waals surface area contributed by atoms with Crippen LogP contribution >= 0.6 is 11.8 Å². The molecule has 2 atom stereocenters. The summed E-state index contributed by atoms with van der Waals surface area (Å²) in [4.78, 5) is 49.5. The Bertz CT molecular complexity index is 765. The Labute approximate surface area is 168 Å². The van der Waals surface area contributed by atoms with Gasteiger partial charge in [0.05, 0.1) is 0 Å². The molecule has 0 radical (unpaired) electrons. The van der Waals surface area contributed by atoms with E-state index in [1.165, 1.54) is 11.8 Å². The third kappa shape index (κ3) is 5.82. The van der Waals surface area contributed by atoms with Crippen molar-refractivity contribution in [3.63, 3.8) is 0 Å². The molecule has 8 heteroatoms. The first-order valence-electron chi connectivity index (χ1n) is 9.20. The Hall–Kier alpha value is -2.35. The molecule has 1 aliphatic heterocycles. The van der Waals surface area contributed by atoms with Crippen molar-refractivity contribution in [2.24, 2.45) is 11.8 Å². The number of carbonyl (C=O) groups is 4. The number of nitrogens with zero attached hydrogens (tertiary/aromatic N) is 1. The first-order valence-corrected chi connectivity index (χ1v) is 10.2. The van der Waals surface area contributed by atoms with E-state index < -0.39 is 30.4 Å². The molecule has 7 nitrogen and oxygen atoms in total. The number of carboxylic acid groups (broad SMARTS) is 1. The van der Waals surface area contributed by atoms with Gasteiger partial charge in [0.25, 0.3) is 0 Å². The van der Waals surface area contributed by atoms with Crippen molar-refractivity contribution in [2.45, 2.75) is 39.8 Å². The summed E-state index contributed by atoms with van der Waals surface area (Å²) >= 11 is 1.09. The van der Waals surface area contributed by atoms with Crippen LogP contribution in [0.3, 0.4) is 0 Å². The average molecular weight is 407 g/mol. The molecule has 0 saturated heterocycles. The normalized spacial score (nSPS) is 17.6. The Morgan fingerprint density at radius 1 is 1.25 bits per heavy atom. The molecule has 152 valence electrons. The molecule has 1 aromatic rings. The number of carboxylic acids is 1. The summed E-state index contributed by atoms with van der Waals surface area (Å²) in [5.41, 5.74) is 1.79. The van der Waals surface area contributed by atoms with Crippen LogP contribution in [0.4, 0.5) is 0 Å². The monoisotopic (exact) mass is 406 g/mol. The van der Waals surface area contributed by atoms with E-state index in [4.69, 9.17) is 5.11 Å². The number of rotatable bonds is 7. The van der Waals surface area contributed by atoms with E-state index >= 15 is 0 Å². The van der Waals surface area contributed by atoms with Crippen molar-refractivity contribution in [2.75, 3.05) is 12.3 Å². The number of thioether (sulfide) groups is 1. The van der Waals surface area contributed by atoms with Crippen molar-refractivity contribution in [3.05, 3.63) is 35.4 Å². The Balaban J connectivity index is 2.23. The minimum atomic E-state index is -1.10. The topological polar surface area (TPSA) is 104 Å². The molecular formula is C20H26N2O5S. The quantitative estimate of drug-likeness (QED) is 0.714. The van der Waals surface area contributed by atoms with Crippen molar-refractivity contribution in [1.82, 2.24) is 10.2 Å². The Kier molecular flexibility index (Phi) is 7.62. The van der Waals surface area contributed by atoms with Crippen LogP contribution in [0.1, 0.15) is 31.9 Å². The lowest BCUT2D eigenvalue weighted by Crippen LogP contribution is -2.51. The number of aliphatic carboxylic acids is 1. The molecule has 0 saturated carbocycles. The Morgan fingerprint density at radius 3 is 2.46 bits per heavy atom. The van der Waals surface area contributed by atoms with E-state index in [0.29, 0.717) is 12.2 Å². The van der Waals surface area contributed by atoms with Gasteiger partial charge in [-0.2, -0.15) is 0 Å². The maximum absolute atomic E-state index is 12.9. The zero-order valence-electron chi connectivity index (χ0n) is 16.3. The maximum Gasteiger partial charge on any atom is 0.323 e. The molecule has 0 aromatic heterocycles. The molecule has 2 N–H and O–H groups in total. The summed E-state index contributed by atoms with van der Waals surface area (Å²) in [5.74, 6) is -1.89. The number of hydrogen-bond donors (Lipinski definition) is 2. The summed E-state index contributed by atoms with van der Waals surface area (Å²) in [6.45, 7) is 5.02. The van der Waals surface area contributed by atoms with Gasteiger partial charge >= 0.3 is 5.97 Å². The highest BCUT2D eigenvalue weighted by atomic mass is 32.2. The number of fused-ring (bicyclic) bond motifs is 1. The molecule has 1 aromatic carbocycles. The molecule has 0 fully saturated rings. The van der Waals surface area contributed by atoms with E-state index in [2.05, 4.69) is 5.32 Å². The molecule has 28 heavy (non-hydrogen) atoms. The van der Waals surface area contributed by atoms with Gasteiger partial charge in [0, 0.05) is 31.6 Å². The summed E-state index contributed by atoms with van der Waals surface area (Å²) < 4.78 is 0. The van der Waals surface area contributed by atoms with E-state index in [1.807, 2.05) is 38.1 Å². The zero-order valence-corrected chi connectivity index (χ0v) is 17.1. The largest absolute Gasteiger partial charge is 0.480 e. The fourth-order valence-electron chi connectivity index (χ4n) is 3.19. The molecule has 0 aliphatic carbocycles. The van der Waals surface area contributed by atoms with Crippen LogP contribution in [0, 0.1) is 11.8 Å². The number of nitrogens with one attached hydrogen (secondary N) is 1. The summed E-state index contributed by atoms with van der Waals surface area (Å²) in [6, 6.07) is 6.61. The summed E-state index contributed by atoms with van der Waals surface area (Å²) in [7, 11) is 0. The highest BCUT2D eigenvalue weighted by Gasteiger charge is 2.33. The van der Waals surface area contributed by atoms with Crippen molar-refractivity contribution in [1.29, 1.82) is 0 Å². The van der Waals surface area contributed by atoms with Crippen LogP contribution in [0.2, 0.25) is 0 Å². The fourth-order valence-corrected chi connectivity index (χ4v) is 4.14. The van der Waals surface area contributed by atoms with Gasteiger partial charge in [-0.15, -0.1) is 0 Å². The predicted molar refractivity (Wildman–Crippen MR) is 107 cm³/mol. The molecule has 1 unspecified atom stereocenters. The Morgan fingerprint density at radius 2 is 1.89 bits per heavy atom. The van der Waals surface area contributed by atoms with Crippen LogP contribution < -0.4 is 5.32 Å². The first-order chi connectivity index (χ1) is 13.2. The van der Waals surface area contributed by atoms with Gasteiger partial charge < -0.3 is 15.3 Å². The minimum absolute atomic E-state index is 0.00450. The van der Waals surface area contributed by atoms with Crippen LogP contribution in [0.5, 0.6) is 0 Å². The molecule has 2 amide bonds. The second-order valence-corrected chi connectivity index (χ2v) is 8.47. The third-order valence-corrected chi connectivity index (χ3v) is 5.70. The lowest BCUT2D eigenvalue weighted by Gasteiger charge is -2.26. The van der Waals surface area contributed by atoms with E-state index in [0.717, 1.165) is 22.9 Å². The second-order valence-electron chi connectivity index (χ2n) is 7.28. The van der Waals surface area contributed by atoms with Crippen molar-refractivity contribution < 1.29 is 24.3 Å². The molecule has 0 spiro atoms. The zero-order chi connectivity index (χ0) is 20.8. The van der Waals surface area contributed by atoms with Crippen LogP contribution in [0.25, 0.3) is 0 Å². The molecule has 1 heterocycles. The predicted octanol–water partition coefficient (Wildman–Crippen LogP) is 1.69. The highest BCUT2D eigenvalue weighted by molar-refractivity contribution is 8.13. The van der Waals surface area contributed by atoms with E-state index in [-0.39, 0.29) is 23.5 Å². The maximum atomic E-state index is 12.9. The number of hydrogen-bond acceptors (Lipinski definition) is 5. The minimum Gasteiger partial charge on any atom is -0.480 e. The van der Waals surface area contributed by atoms with Gasteiger partial charge in [-0.05, 0) is 17.0 Å². The van der Waals surface area contributed by atoms with Crippen molar-refractivity contribution in [3.8, 4) is 0 Å². The third-order valence-electron chi connectivity index (χ3n) is 4.76. The molecule has 0 bridgehead atoms. The van der Waals surface area contributed by atoms with Crippen LogP contribution in [0.15, 0.2) is 24.3 Å². The molecule has 1 aliphatic rings. The second kappa shape index (κ2) is 9.73. The number of amides is 2. The lowest BCUT2D eigenvalue weighted by molar-refractivity contribution is -0.146. The lowest BCUT2D eigenvalue weighted by atomic mass is 9.95. The number of carbonyl (C=O) groups excluding carboxylic acids is 3. The van der Waals surface area contributed by atoms with E-state index in [9.17, 15) is 19.2 Å². The summed E-state index contributed by atoms with van der Waals surface area (Å²) in [6.07, 6.45) is 0.307. The van der Waals surface area contributed by atoms with E-state index in [1.54, 1.807) is 0 Å². The van der Waals surface area contributed by atoms with Gasteiger partial charge in [0.2, 0.25) is 11.8 Å². The van der Waals surface area contributed by atoms with Crippen LogP contribution in [-0.2, 0) is 32.1 Å². The smallest absolute Gasteiger partial charge is 0.323 e. The fraction of sp³-hybridized carbons (Fsp3) is 0.500. The molecule has 2 rings (SSSR count). The highest BCUT2D eigenvalue weighted by Crippen LogP contribution is 2.22. The molecular weight excluding hydrogens is 380 g/mol. The average Bonchev–Trinajstić information content (AvgIpc) is 2.72. The SMILES string of the molecule is CC(=O)SC[C@H](C(=O)NC1Cc2ccccc2CN(CC(=O)O)C1=O)C(C)C. The van der Waals surface area contributed by atoms with Gasteiger partial charge in [0.15, 0.2) is 5.12 Å². The van der Waals surface area contributed by atoms with Gasteiger partial charge in [0.1, 0.15) is 12.6 Å². The number of benzene rings is 1. The first kappa shape index (κ1) is 21.9. The van der Waals surface area contributed by atoms with Crippen LogP contribution in [-0.4, -0.2) is 51.2 Å². The standard InChI is InChI=1S/C20H26N2O5S/c1-12(2)16(11-28-13(3)23)19(26)21-17-8-14-6-4-5-7-15(14)9-22(20(17)27)10-18(24)25/h4-7,12,16-17H,8-11H2,1-3H3,(H,21,26)(H,24,25)/t16-,17?/m0/s1. The summed E-state index contributed by atoms with van der Waals surface area (Å²) in [5, 5.41) is 11.9. The van der Waals surface area contributed by atoms with Gasteiger partial charge in [-0.3, -0.25) is 19.2 Å². The van der Waals surface area contributed by atoms with Crippen molar-refractivity contribution >= 4 is 34.7 Å². The van der Waals surface area contributed by atoms with Gasteiger partial charge in [-0.25, -0.2) is 0 Å². The van der Waals surface area contributed by atoms with Gasteiger partial charge in [-0.1, -0.05) is 49.9 Å².